The standard InChI is InChI=1S/C9H17NO2/c1-9(2,3)5-4-8(12)10-6-7-11/h4-5,11H,6-7H2,1-3H3,(H,10,12)/b5-4+. The lowest BCUT2D eigenvalue weighted by Crippen LogP contribution is -2.24. The number of hydrogen-bond donors (Lipinski definition) is 2. The molecular formula is C9H17NO2. The van der Waals surface area contributed by atoms with Crippen LogP contribution in [0, 0.1) is 5.41 Å². The number of amides is 1. The van der Waals surface area contributed by atoms with Crippen LogP contribution in [0.2, 0.25) is 0 Å². The number of aliphatic hydroxyl groups is 1. The first-order chi connectivity index (χ1) is 5.45. The smallest absolute Gasteiger partial charge is 0.243 e. The number of hydrogen-bond acceptors (Lipinski definition) is 2. The normalized spacial score (nSPS) is 12.0. The van der Waals surface area contributed by atoms with E-state index in [0.717, 1.165) is 0 Å². The molecule has 0 aliphatic heterocycles. The van der Waals surface area contributed by atoms with E-state index in [0.29, 0.717) is 6.54 Å². The lowest BCUT2D eigenvalue weighted by atomic mass is 9.96. The Bertz CT molecular complexity index is 168. The second-order valence-electron chi connectivity index (χ2n) is 3.71. The van der Waals surface area contributed by atoms with Crippen LogP contribution in [-0.2, 0) is 4.79 Å². The molecule has 0 saturated heterocycles. The second kappa shape index (κ2) is 4.93. The Kier molecular flexibility index (Phi) is 4.59. The first-order valence-electron chi connectivity index (χ1n) is 4.03. The highest BCUT2D eigenvalue weighted by Gasteiger charge is 2.04. The van der Waals surface area contributed by atoms with Crippen molar-refractivity contribution in [1.29, 1.82) is 0 Å². The third-order valence-corrected chi connectivity index (χ3v) is 1.15. The van der Waals surface area contributed by atoms with Crippen LogP contribution >= 0.6 is 0 Å². The van der Waals surface area contributed by atoms with Crippen LogP contribution in [-0.4, -0.2) is 24.2 Å². The zero-order valence-corrected chi connectivity index (χ0v) is 7.92. The van der Waals surface area contributed by atoms with Crippen molar-refractivity contribution in [2.75, 3.05) is 13.2 Å². The lowest BCUT2D eigenvalue weighted by Gasteiger charge is -2.10. The summed E-state index contributed by atoms with van der Waals surface area (Å²) in [5, 5.41) is 10.9. The Balaban J connectivity index is 3.76. The van der Waals surface area contributed by atoms with E-state index < -0.39 is 0 Å². The Morgan fingerprint density at radius 3 is 2.50 bits per heavy atom. The van der Waals surface area contributed by atoms with Crippen LogP contribution in [0.5, 0.6) is 0 Å². The summed E-state index contributed by atoms with van der Waals surface area (Å²) < 4.78 is 0. The number of allylic oxidation sites excluding steroid dienone is 1. The molecule has 0 aromatic rings. The third-order valence-electron chi connectivity index (χ3n) is 1.15. The van der Waals surface area contributed by atoms with Gasteiger partial charge in [-0.25, -0.2) is 0 Å². The molecule has 0 heterocycles. The van der Waals surface area contributed by atoms with Crippen molar-refractivity contribution in [3.63, 3.8) is 0 Å². The minimum absolute atomic E-state index is 0.0188. The minimum Gasteiger partial charge on any atom is -0.395 e. The second-order valence-corrected chi connectivity index (χ2v) is 3.71. The van der Waals surface area contributed by atoms with Gasteiger partial charge in [0.05, 0.1) is 6.61 Å². The average molecular weight is 171 g/mol. The highest BCUT2D eigenvalue weighted by atomic mass is 16.3. The van der Waals surface area contributed by atoms with Gasteiger partial charge in [-0.05, 0) is 11.5 Å². The molecule has 2 N–H and O–H groups in total. The molecular weight excluding hydrogens is 154 g/mol. The maximum Gasteiger partial charge on any atom is 0.243 e. The van der Waals surface area contributed by atoms with Gasteiger partial charge in [-0.1, -0.05) is 26.8 Å². The van der Waals surface area contributed by atoms with Gasteiger partial charge in [-0.15, -0.1) is 0 Å². The summed E-state index contributed by atoms with van der Waals surface area (Å²) >= 11 is 0. The van der Waals surface area contributed by atoms with Crippen LogP contribution in [0.4, 0.5) is 0 Å². The Morgan fingerprint density at radius 2 is 2.08 bits per heavy atom. The van der Waals surface area contributed by atoms with Crippen molar-refractivity contribution in [1.82, 2.24) is 5.32 Å². The highest BCUT2D eigenvalue weighted by Crippen LogP contribution is 2.13. The molecule has 0 atom stereocenters. The molecule has 0 aliphatic rings. The van der Waals surface area contributed by atoms with Crippen molar-refractivity contribution in [3.05, 3.63) is 12.2 Å². The van der Waals surface area contributed by atoms with Crippen molar-refractivity contribution in [2.24, 2.45) is 5.41 Å². The predicted octanol–water partition coefficient (Wildman–Crippen LogP) is 0.697. The molecule has 0 aliphatic carbocycles. The largest absolute Gasteiger partial charge is 0.395 e. The fourth-order valence-electron chi connectivity index (χ4n) is 0.564. The molecule has 0 spiro atoms. The molecule has 0 unspecified atom stereocenters. The molecule has 70 valence electrons. The van der Waals surface area contributed by atoms with Crippen molar-refractivity contribution in [3.8, 4) is 0 Å². The summed E-state index contributed by atoms with van der Waals surface area (Å²) in [7, 11) is 0. The van der Waals surface area contributed by atoms with E-state index in [9.17, 15) is 4.79 Å². The summed E-state index contributed by atoms with van der Waals surface area (Å²) in [6.45, 7) is 6.34. The Labute approximate surface area is 73.5 Å². The van der Waals surface area contributed by atoms with Gasteiger partial charge in [0.2, 0.25) is 5.91 Å². The summed E-state index contributed by atoms with van der Waals surface area (Å²) in [6.07, 6.45) is 3.33. The van der Waals surface area contributed by atoms with Gasteiger partial charge in [0.25, 0.3) is 0 Å². The first kappa shape index (κ1) is 11.2. The molecule has 3 nitrogen and oxygen atoms in total. The Morgan fingerprint density at radius 1 is 1.50 bits per heavy atom. The van der Waals surface area contributed by atoms with E-state index in [2.05, 4.69) is 5.32 Å². The quantitative estimate of drug-likeness (QED) is 0.614. The van der Waals surface area contributed by atoms with Crippen LogP contribution in [0.1, 0.15) is 20.8 Å². The number of rotatable bonds is 3. The molecule has 12 heavy (non-hydrogen) atoms. The lowest BCUT2D eigenvalue weighted by molar-refractivity contribution is -0.116. The van der Waals surface area contributed by atoms with E-state index in [4.69, 9.17) is 5.11 Å². The van der Waals surface area contributed by atoms with Crippen molar-refractivity contribution < 1.29 is 9.90 Å². The van der Waals surface area contributed by atoms with Crippen LogP contribution in [0.3, 0.4) is 0 Å². The Hall–Kier alpha value is -0.830. The van der Waals surface area contributed by atoms with Crippen LogP contribution in [0.15, 0.2) is 12.2 Å². The fraction of sp³-hybridized carbons (Fsp3) is 0.667. The summed E-state index contributed by atoms with van der Waals surface area (Å²) in [4.78, 5) is 10.9. The monoisotopic (exact) mass is 171 g/mol. The molecule has 3 heteroatoms. The van der Waals surface area contributed by atoms with E-state index >= 15 is 0 Å². The summed E-state index contributed by atoms with van der Waals surface area (Å²) in [5.41, 5.74) is 0.0244. The molecule has 0 rings (SSSR count). The van der Waals surface area contributed by atoms with E-state index in [-0.39, 0.29) is 17.9 Å². The number of carbonyl (C=O) groups excluding carboxylic acids is 1. The molecule has 0 aromatic heterocycles. The van der Waals surface area contributed by atoms with E-state index in [1.807, 2.05) is 26.8 Å². The van der Waals surface area contributed by atoms with Crippen LogP contribution in [0.25, 0.3) is 0 Å². The predicted molar refractivity (Wildman–Crippen MR) is 48.7 cm³/mol. The van der Waals surface area contributed by atoms with Gasteiger partial charge in [-0.3, -0.25) is 4.79 Å². The first-order valence-corrected chi connectivity index (χ1v) is 4.03. The van der Waals surface area contributed by atoms with E-state index in [1.54, 1.807) is 0 Å². The van der Waals surface area contributed by atoms with Gasteiger partial charge in [0.1, 0.15) is 0 Å². The zero-order chi connectivity index (χ0) is 9.61. The number of carbonyl (C=O) groups is 1. The number of aliphatic hydroxyl groups excluding tert-OH is 1. The molecule has 1 amide bonds. The van der Waals surface area contributed by atoms with Gasteiger partial charge >= 0.3 is 0 Å². The van der Waals surface area contributed by atoms with Crippen molar-refractivity contribution >= 4 is 5.91 Å². The van der Waals surface area contributed by atoms with E-state index in [1.165, 1.54) is 6.08 Å². The molecule has 0 aromatic carbocycles. The van der Waals surface area contributed by atoms with Crippen LogP contribution < -0.4 is 5.32 Å². The maximum absolute atomic E-state index is 10.9. The average Bonchev–Trinajstić information content (AvgIpc) is 1.95. The SMILES string of the molecule is CC(C)(C)/C=C/C(=O)NCCO. The fourth-order valence-corrected chi connectivity index (χ4v) is 0.564. The summed E-state index contributed by atoms with van der Waals surface area (Å²) in [6, 6.07) is 0. The summed E-state index contributed by atoms with van der Waals surface area (Å²) in [5.74, 6) is -0.154. The van der Waals surface area contributed by atoms with Gasteiger partial charge < -0.3 is 10.4 Å². The highest BCUT2D eigenvalue weighted by molar-refractivity contribution is 5.87. The topological polar surface area (TPSA) is 49.3 Å². The van der Waals surface area contributed by atoms with Crippen molar-refractivity contribution in [2.45, 2.75) is 20.8 Å². The van der Waals surface area contributed by atoms with Gasteiger partial charge in [0, 0.05) is 6.54 Å². The third kappa shape index (κ3) is 7.28. The molecule has 0 saturated carbocycles. The number of nitrogens with one attached hydrogen (secondary N) is 1. The molecule has 0 bridgehead atoms. The zero-order valence-electron chi connectivity index (χ0n) is 7.92. The maximum atomic E-state index is 10.9. The minimum atomic E-state index is -0.154. The van der Waals surface area contributed by atoms with Gasteiger partial charge in [0.15, 0.2) is 0 Å². The molecule has 0 radical (unpaired) electrons. The van der Waals surface area contributed by atoms with Gasteiger partial charge in [-0.2, -0.15) is 0 Å². The molecule has 0 fully saturated rings.